The molecule has 172 valence electrons. The molecule has 33 heavy (non-hydrogen) atoms. The molecule has 3 rings (SSSR count). The smallest absolute Gasteiger partial charge is 0.255 e. The Morgan fingerprint density at radius 2 is 1.76 bits per heavy atom. The van der Waals surface area contributed by atoms with Crippen LogP contribution in [0.15, 0.2) is 87.3 Å². The van der Waals surface area contributed by atoms with Crippen LogP contribution in [0.5, 0.6) is 5.75 Å². The van der Waals surface area contributed by atoms with Crippen molar-refractivity contribution in [3.8, 4) is 5.75 Å². The fraction of sp³-hybridized carbons (Fsp3) is 0.130. The Labute approximate surface area is 206 Å². The molecule has 0 aromatic heterocycles. The number of amides is 1. The van der Waals surface area contributed by atoms with Crippen molar-refractivity contribution < 1.29 is 17.9 Å². The van der Waals surface area contributed by atoms with Gasteiger partial charge in [-0.25, -0.2) is 13.8 Å². The number of rotatable bonds is 9. The number of carbonyl (C=O) groups is 1. The van der Waals surface area contributed by atoms with Gasteiger partial charge in [0.1, 0.15) is 5.75 Å². The van der Waals surface area contributed by atoms with Crippen molar-refractivity contribution in [3.63, 3.8) is 0 Å². The number of halogens is 2. The molecule has 3 aromatic carbocycles. The van der Waals surface area contributed by atoms with Gasteiger partial charge in [-0.2, -0.15) is 9.41 Å². The molecule has 0 aliphatic heterocycles. The number of carbonyl (C=O) groups excluding carboxylic acids is 1. The summed E-state index contributed by atoms with van der Waals surface area (Å²) in [6.07, 6.45) is 1.43. The third-order valence-corrected chi connectivity index (χ3v) is 7.16. The maximum atomic E-state index is 13.3. The highest BCUT2D eigenvalue weighted by Gasteiger charge is 2.27. The van der Waals surface area contributed by atoms with Gasteiger partial charge < -0.3 is 4.74 Å². The van der Waals surface area contributed by atoms with Crippen LogP contribution in [-0.4, -0.2) is 38.5 Å². The van der Waals surface area contributed by atoms with Gasteiger partial charge in [0.25, 0.3) is 5.91 Å². The van der Waals surface area contributed by atoms with Gasteiger partial charge >= 0.3 is 0 Å². The van der Waals surface area contributed by atoms with Crippen molar-refractivity contribution in [1.82, 2.24) is 9.73 Å². The molecule has 0 fully saturated rings. The molecule has 0 heterocycles. The highest BCUT2D eigenvalue weighted by molar-refractivity contribution is 9.10. The quantitative estimate of drug-likeness (QED) is 0.315. The standard InChI is InChI=1S/C23H21BrClN3O4S/c1-32-22-5-3-2-4-18(22)14-26-27-23(29)16-28(15-17-6-8-19(24)9-7-17)33(30,31)21-12-10-20(25)11-13-21/h2-14H,15-16H2,1H3,(H,27,29)/b26-14-. The Bertz CT molecular complexity index is 1230. The molecule has 0 bridgehead atoms. The molecule has 7 nitrogen and oxygen atoms in total. The first kappa shape index (κ1) is 24.9. The number of ether oxygens (including phenoxy) is 1. The zero-order chi connectivity index (χ0) is 23.8. The van der Waals surface area contributed by atoms with Crippen molar-refractivity contribution >= 4 is 49.7 Å². The van der Waals surface area contributed by atoms with E-state index >= 15 is 0 Å². The van der Waals surface area contributed by atoms with Crippen LogP contribution in [0.25, 0.3) is 0 Å². The molecule has 1 N–H and O–H groups in total. The first-order chi connectivity index (χ1) is 15.8. The van der Waals surface area contributed by atoms with Crippen LogP contribution < -0.4 is 10.2 Å². The Balaban J connectivity index is 1.79. The molecule has 3 aromatic rings. The second-order valence-electron chi connectivity index (χ2n) is 6.89. The summed E-state index contributed by atoms with van der Waals surface area (Å²) in [6.45, 7) is -0.424. The molecule has 10 heteroatoms. The number of hydrazone groups is 1. The van der Waals surface area contributed by atoms with Gasteiger partial charge in [0.15, 0.2) is 0 Å². The molecule has 0 unspecified atom stereocenters. The van der Waals surface area contributed by atoms with E-state index in [1.807, 2.05) is 12.1 Å². The monoisotopic (exact) mass is 549 g/mol. The Kier molecular flexibility index (Phi) is 8.62. The highest BCUT2D eigenvalue weighted by atomic mass is 79.9. The summed E-state index contributed by atoms with van der Waals surface area (Å²) in [5, 5.41) is 4.35. The zero-order valence-electron chi connectivity index (χ0n) is 17.6. The molecule has 0 radical (unpaired) electrons. The summed E-state index contributed by atoms with van der Waals surface area (Å²) < 4.78 is 33.7. The van der Waals surface area contributed by atoms with E-state index in [4.69, 9.17) is 16.3 Å². The molecular weight excluding hydrogens is 530 g/mol. The Morgan fingerprint density at radius 1 is 1.09 bits per heavy atom. The van der Waals surface area contributed by atoms with Gasteiger partial charge in [-0.15, -0.1) is 0 Å². The van der Waals surface area contributed by atoms with Crippen molar-refractivity contribution in [1.29, 1.82) is 0 Å². The van der Waals surface area contributed by atoms with Crippen molar-refractivity contribution in [2.45, 2.75) is 11.4 Å². The lowest BCUT2D eigenvalue weighted by molar-refractivity contribution is -0.121. The van der Waals surface area contributed by atoms with E-state index in [1.54, 1.807) is 36.4 Å². The predicted molar refractivity (Wildman–Crippen MR) is 132 cm³/mol. The van der Waals surface area contributed by atoms with Gasteiger partial charge in [0, 0.05) is 21.6 Å². The van der Waals surface area contributed by atoms with Crippen LogP contribution in [0.1, 0.15) is 11.1 Å². The fourth-order valence-electron chi connectivity index (χ4n) is 2.92. The summed E-state index contributed by atoms with van der Waals surface area (Å²) in [5.74, 6) is 0.00785. The van der Waals surface area contributed by atoms with Gasteiger partial charge in [-0.1, -0.05) is 51.8 Å². The average Bonchev–Trinajstić information content (AvgIpc) is 2.80. The minimum absolute atomic E-state index is 0.00187. The van der Waals surface area contributed by atoms with Crippen LogP contribution in [0, 0.1) is 0 Å². The van der Waals surface area contributed by atoms with Crippen LogP contribution >= 0.6 is 27.5 Å². The number of para-hydroxylation sites is 1. The molecule has 0 aliphatic rings. The van der Waals surface area contributed by atoms with E-state index in [1.165, 1.54) is 37.6 Å². The fourth-order valence-corrected chi connectivity index (χ4v) is 4.69. The lowest BCUT2D eigenvalue weighted by Crippen LogP contribution is -2.39. The Morgan fingerprint density at radius 3 is 2.42 bits per heavy atom. The van der Waals surface area contributed by atoms with Gasteiger partial charge in [-0.3, -0.25) is 4.79 Å². The SMILES string of the molecule is COc1ccccc1/C=N\NC(=O)CN(Cc1ccc(Br)cc1)S(=O)(=O)c1ccc(Cl)cc1. The molecule has 0 aliphatic carbocycles. The van der Waals surface area contributed by atoms with E-state index in [0.29, 0.717) is 16.3 Å². The molecule has 0 saturated carbocycles. The lowest BCUT2D eigenvalue weighted by Gasteiger charge is -2.21. The van der Waals surface area contributed by atoms with Crippen molar-refractivity contribution in [2.75, 3.05) is 13.7 Å². The average molecular weight is 551 g/mol. The predicted octanol–water partition coefficient (Wildman–Crippen LogP) is 4.45. The molecule has 0 saturated heterocycles. The van der Waals surface area contributed by atoms with E-state index in [2.05, 4.69) is 26.5 Å². The largest absolute Gasteiger partial charge is 0.496 e. The number of sulfonamides is 1. The number of nitrogens with one attached hydrogen (secondary N) is 1. The van der Waals surface area contributed by atoms with Crippen LogP contribution in [0.4, 0.5) is 0 Å². The van der Waals surface area contributed by atoms with Crippen molar-refractivity contribution in [3.05, 3.63) is 93.4 Å². The molecule has 0 atom stereocenters. The molecule has 1 amide bonds. The third kappa shape index (κ3) is 6.88. The Hall–Kier alpha value is -2.72. The topological polar surface area (TPSA) is 88.1 Å². The maximum Gasteiger partial charge on any atom is 0.255 e. The number of hydrogen-bond donors (Lipinski definition) is 1. The first-order valence-electron chi connectivity index (χ1n) is 9.74. The van der Waals surface area contributed by atoms with Crippen LogP contribution in [-0.2, 0) is 21.4 Å². The van der Waals surface area contributed by atoms with E-state index < -0.39 is 22.5 Å². The van der Waals surface area contributed by atoms with E-state index in [9.17, 15) is 13.2 Å². The molecule has 0 spiro atoms. The van der Waals surface area contributed by atoms with E-state index in [0.717, 1.165) is 14.3 Å². The summed E-state index contributed by atoms with van der Waals surface area (Å²) >= 11 is 9.26. The first-order valence-corrected chi connectivity index (χ1v) is 12.4. The number of methoxy groups -OCH3 is 1. The molecular formula is C23H21BrClN3O4S. The highest BCUT2D eigenvalue weighted by Crippen LogP contribution is 2.21. The minimum atomic E-state index is -3.98. The number of hydrogen-bond acceptors (Lipinski definition) is 5. The van der Waals surface area contributed by atoms with Gasteiger partial charge in [0.05, 0.1) is 24.8 Å². The van der Waals surface area contributed by atoms with Crippen molar-refractivity contribution in [2.24, 2.45) is 5.10 Å². The summed E-state index contributed by atoms with van der Waals surface area (Å²) in [5.41, 5.74) is 3.77. The van der Waals surface area contributed by atoms with Crippen LogP contribution in [0.3, 0.4) is 0 Å². The third-order valence-electron chi connectivity index (χ3n) is 4.58. The number of nitrogens with zero attached hydrogens (tertiary/aromatic N) is 2. The summed E-state index contributed by atoms with van der Waals surface area (Å²) in [6, 6.07) is 20.1. The zero-order valence-corrected chi connectivity index (χ0v) is 20.8. The lowest BCUT2D eigenvalue weighted by atomic mass is 10.2. The normalized spacial score (nSPS) is 11.6. The van der Waals surface area contributed by atoms with Gasteiger partial charge in [0.2, 0.25) is 10.0 Å². The maximum absolute atomic E-state index is 13.3. The minimum Gasteiger partial charge on any atom is -0.496 e. The second kappa shape index (κ2) is 11.4. The van der Waals surface area contributed by atoms with Crippen LogP contribution in [0.2, 0.25) is 5.02 Å². The summed E-state index contributed by atoms with van der Waals surface area (Å²) in [4.78, 5) is 12.6. The summed E-state index contributed by atoms with van der Waals surface area (Å²) in [7, 11) is -2.44. The van der Waals surface area contributed by atoms with Gasteiger partial charge in [-0.05, 0) is 54.1 Å². The van der Waals surface area contributed by atoms with E-state index in [-0.39, 0.29) is 11.4 Å². The number of benzene rings is 3. The second-order valence-corrected chi connectivity index (χ2v) is 10.2.